The van der Waals surface area contributed by atoms with Gasteiger partial charge in [0, 0.05) is 5.39 Å². The maximum absolute atomic E-state index is 11.2. The lowest BCUT2D eigenvalue weighted by atomic mass is 10.1. The number of benzene rings is 2. The van der Waals surface area contributed by atoms with Gasteiger partial charge in [-0.25, -0.2) is 4.79 Å². The highest BCUT2D eigenvalue weighted by atomic mass is 32.2. The van der Waals surface area contributed by atoms with Crippen LogP contribution in [0.4, 0.5) is 10.5 Å². The number of anilines is 1. The molecule has 0 fully saturated rings. The summed E-state index contributed by atoms with van der Waals surface area (Å²) in [5, 5.41) is 9.63. The van der Waals surface area contributed by atoms with E-state index in [4.69, 9.17) is 9.66 Å². The van der Waals surface area contributed by atoms with Crippen LogP contribution < -0.4 is 4.47 Å². The van der Waals surface area contributed by atoms with Crippen molar-refractivity contribution >= 4 is 32.9 Å². The third-order valence-electron chi connectivity index (χ3n) is 2.33. The molecule has 0 bridgehead atoms. The summed E-state index contributed by atoms with van der Waals surface area (Å²) in [7, 11) is -4.87. The molecule has 2 rings (SSSR count). The molecule has 0 atom stereocenters. The summed E-state index contributed by atoms with van der Waals surface area (Å²) in [6.07, 6.45) is -1.86. The van der Waals surface area contributed by atoms with Gasteiger partial charge in [-0.3, -0.25) is 9.39 Å². The van der Waals surface area contributed by atoms with Crippen molar-refractivity contribution in [3.63, 3.8) is 0 Å². The molecule has 0 unspecified atom stereocenters. The maximum Gasteiger partial charge on any atom is 0.531 e. The molecular formula is C11H9NO6S. The zero-order valence-electron chi connectivity index (χ0n) is 9.42. The molecule has 0 aliphatic heterocycles. The Labute approximate surface area is 108 Å². The second kappa shape index (κ2) is 4.75. The molecule has 0 saturated heterocycles. The molecule has 0 aromatic heterocycles. The van der Waals surface area contributed by atoms with Crippen molar-refractivity contribution in [2.45, 2.75) is 0 Å². The van der Waals surface area contributed by atoms with E-state index in [1.54, 1.807) is 30.3 Å². The largest absolute Gasteiger partial charge is 0.531 e. The number of nitrogens with zero attached hydrogens (tertiary/aromatic N) is 1. The first-order valence-corrected chi connectivity index (χ1v) is 6.45. The van der Waals surface area contributed by atoms with Gasteiger partial charge in [-0.2, -0.15) is 8.42 Å². The molecule has 8 heteroatoms. The van der Waals surface area contributed by atoms with E-state index in [0.29, 0.717) is 10.8 Å². The highest BCUT2D eigenvalue weighted by molar-refractivity contribution is 7.87. The third kappa shape index (κ3) is 2.75. The van der Waals surface area contributed by atoms with Crippen molar-refractivity contribution in [2.24, 2.45) is 0 Å². The molecular weight excluding hydrogens is 274 g/mol. The molecule has 0 aliphatic carbocycles. The van der Waals surface area contributed by atoms with Crippen molar-refractivity contribution in [2.75, 3.05) is 4.47 Å². The van der Waals surface area contributed by atoms with Gasteiger partial charge in [0.2, 0.25) is 0 Å². The summed E-state index contributed by atoms with van der Waals surface area (Å²) >= 11 is 0. The van der Waals surface area contributed by atoms with Crippen LogP contribution in [-0.2, 0) is 15.1 Å². The summed E-state index contributed by atoms with van der Waals surface area (Å²) in [5.41, 5.74) is -0.0944. The fourth-order valence-corrected chi connectivity index (χ4v) is 2.22. The summed E-state index contributed by atoms with van der Waals surface area (Å²) in [4.78, 5) is 14.6. The predicted octanol–water partition coefficient (Wildman–Crippen LogP) is 2.06. The first kappa shape index (κ1) is 13.1. The van der Waals surface area contributed by atoms with Crippen molar-refractivity contribution in [1.82, 2.24) is 0 Å². The normalized spacial score (nSPS) is 11.2. The van der Waals surface area contributed by atoms with Gasteiger partial charge in [0.15, 0.2) is 0 Å². The van der Waals surface area contributed by atoms with Gasteiger partial charge in [0.25, 0.3) is 0 Å². The van der Waals surface area contributed by atoms with Crippen LogP contribution >= 0.6 is 0 Å². The molecule has 19 heavy (non-hydrogen) atoms. The van der Waals surface area contributed by atoms with Crippen LogP contribution in [-0.4, -0.2) is 24.2 Å². The van der Waals surface area contributed by atoms with Crippen LogP contribution in [0.2, 0.25) is 0 Å². The molecule has 7 nitrogen and oxygen atoms in total. The van der Waals surface area contributed by atoms with Crippen LogP contribution in [0.5, 0.6) is 0 Å². The second-order valence-corrected chi connectivity index (χ2v) is 4.79. The summed E-state index contributed by atoms with van der Waals surface area (Å²) < 4.78 is 31.4. The minimum Gasteiger partial charge on any atom is -0.448 e. The van der Waals surface area contributed by atoms with E-state index >= 15 is 0 Å². The smallest absolute Gasteiger partial charge is 0.448 e. The van der Waals surface area contributed by atoms with E-state index in [2.05, 4.69) is 4.84 Å². The van der Waals surface area contributed by atoms with Gasteiger partial charge < -0.3 is 5.11 Å². The number of hydrogen-bond acceptors (Lipinski definition) is 4. The highest BCUT2D eigenvalue weighted by Gasteiger charge is 2.26. The van der Waals surface area contributed by atoms with E-state index in [9.17, 15) is 13.2 Å². The Kier molecular flexibility index (Phi) is 3.28. The molecule has 0 heterocycles. The molecule has 0 spiro atoms. The monoisotopic (exact) mass is 283 g/mol. The Morgan fingerprint density at radius 2 is 1.74 bits per heavy atom. The van der Waals surface area contributed by atoms with Crippen molar-refractivity contribution in [3.05, 3.63) is 42.5 Å². The Balaban J connectivity index is 2.66. The van der Waals surface area contributed by atoms with Crippen LogP contribution in [0.25, 0.3) is 10.8 Å². The SMILES string of the molecule is O=C(O)ON(c1cccc2ccccc12)S(=O)(=O)O. The first-order chi connectivity index (χ1) is 8.89. The number of carboxylic acid groups (broad SMARTS) is 1. The van der Waals surface area contributed by atoms with Crippen LogP contribution in [0.1, 0.15) is 0 Å². The maximum atomic E-state index is 11.2. The number of carbonyl (C=O) groups is 1. The van der Waals surface area contributed by atoms with Crippen molar-refractivity contribution in [3.8, 4) is 0 Å². The molecule has 0 aliphatic rings. The zero-order chi connectivity index (χ0) is 14.0. The van der Waals surface area contributed by atoms with Crippen LogP contribution in [0.15, 0.2) is 42.5 Å². The minimum absolute atomic E-state index is 0.0440. The lowest BCUT2D eigenvalue weighted by Gasteiger charge is -2.18. The van der Waals surface area contributed by atoms with Gasteiger partial charge >= 0.3 is 16.5 Å². The van der Waals surface area contributed by atoms with Crippen molar-refractivity contribution < 1.29 is 27.7 Å². The minimum atomic E-state index is -4.87. The van der Waals surface area contributed by atoms with Crippen molar-refractivity contribution in [1.29, 1.82) is 0 Å². The molecule has 0 radical (unpaired) electrons. The fourth-order valence-electron chi connectivity index (χ4n) is 1.66. The second-order valence-electron chi connectivity index (χ2n) is 3.56. The quantitative estimate of drug-likeness (QED) is 0.660. The number of rotatable bonds is 3. The lowest BCUT2D eigenvalue weighted by molar-refractivity contribution is 0.0950. The third-order valence-corrected chi connectivity index (χ3v) is 3.02. The topological polar surface area (TPSA) is 104 Å². The average molecular weight is 283 g/mol. The molecule has 0 saturated carbocycles. The Morgan fingerprint density at radius 3 is 2.37 bits per heavy atom. The molecule has 0 amide bonds. The van der Waals surface area contributed by atoms with Gasteiger partial charge in [-0.05, 0) is 11.5 Å². The van der Waals surface area contributed by atoms with Gasteiger partial charge in [0.1, 0.15) is 5.69 Å². The van der Waals surface area contributed by atoms with Crippen LogP contribution in [0.3, 0.4) is 0 Å². The average Bonchev–Trinajstić information content (AvgIpc) is 2.34. The molecule has 100 valence electrons. The first-order valence-electron chi connectivity index (χ1n) is 5.06. The summed E-state index contributed by atoms with van der Waals surface area (Å²) in [6, 6.07) is 11.2. The van der Waals surface area contributed by atoms with E-state index in [0.717, 1.165) is 0 Å². The van der Waals surface area contributed by atoms with E-state index < -0.39 is 16.5 Å². The van der Waals surface area contributed by atoms with Gasteiger partial charge in [0.05, 0.1) is 0 Å². The Hall–Kier alpha value is -2.32. The van der Waals surface area contributed by atoms with E-state index in [1.807, 2.05) is 0 Å². The lowest BCUT2D eigenvalue weighted by Crippen LogP contribution is -2.32. The molecule has 2 N–H and O–H groups in total. The zero-order valence-corrected chi connectivity index (χ0v) is 10.2. The van der Waals surface area contributed by atoms with E-state index in [-0.39, 0.29) is 10.2 Å². The Morgan fingerprint density at radius 1 is 1.11 bits per heavy atom. The van der Waals surface area contributed by atoms with Gasteiger partial charge in [-0.15, -0.1) is 0 Å². The summed E-state index contributed by atoms with van der Waals surface area (Å²) in [6.45, 7) is 0. The Bertz CT molecular complexity index is 722. The summed E-state index contributed by atoms with van der Waals surface area (Å²) in [5.74, 6) is 0. The fraction of sp³-hybridized carbons (Fsp3) is 0. The highest BCUT2D eigenvalue weighted by Crippen LogP contribution is 2.28. The van der Waals surface area contributed by atoms with Gasteiger partial charge in [-0.1, -0.05) is 40.9 Å². The molecule has 2 aromatic rings. The number of fused-ring (bicyclic) bond motifs is 1. The van der Waals surface area contributed by atoms with Crippen LogP contribution in [0, 0.1) is 0 Å². The van der Waals surface area contributed by atoms with E-state index in [1.165, 1.54) is 12.1 Å². The number of hydrogen-bond donors (Lipinski definition) is 2. The molecule has 2 aromatic carbocycles. The predicted molar refractivity (Wildman–Crippen MR) is 67.1 cm³/mol. The standard InChI is InChI=1S/C11H9NO6S/c13-11(14)18-12(19(15,16)17)10-7-3-5-8-4-1-2-6-9(8)10/h1-7H,(H,13,14)(H,15,16,17).